The maximum Gasteiger partial charge on any atom is 0.360 e. The molecule has 0 fully saturated rings. The van der Waals surface area contributed by atoms with Crippen molar-refractivity contribution < 1.29 is 48.4 Å². The summed E-state index contributed by atoms with van der Waals surface area (Å²) in [6.07, 6.45) is -0.0452. The number of Topliss-reactive ketones (excluding diaryl/α,β-unsaturated/α-hetero) is 2. The molecule has 13 heteroatoms. The van der Waals surface area contributed by atoms with Gasteiger partial charge in [0.15, 0.2) is 11.4 Å². The summed E-state index contributed by atoms with van der Waals surface area (Å²) in [5, 5.41) is 43.9. The SMILES string of the molecule is CN(C)[C@@H]1C(O)=C(C(N)=O)C(=O)[C@@]2(O)C(O)=C3C(=O)c4c(O)ccc(CNOC(F)F)c4C[C@H]3C[C@@H]12. The standard InChI is InChI=1S/C23H25F2N3O8/c1-28(2)16-11-6-9-5-10-8(7-27-36-22(24)25)3-4-12(29)14(10)17(30)13(9)19(32)23(11,35)20(33)15(18(16)31)21(26)34/h3-4,9,11,16,22,27,29,31-32,35H,5-7H2,1-2H3,(H2,26,34)/t9-,11-,16-,23-/m0/s1. The van der Waals surface area contributed by atoms with E-state index in [2.05, 4.69) is 10.3 Å². The fraction of sp³-hybridized carbons (Fsp3) is 0.435. The molecule has 0 bridgehead atoms. The number of primary amides is 1. The minimum Gasteiger partial charge on any atom is -0.510 e. The fourth-order valence-electron chi connectivity index (χ4n) is 5.66. The molecule has 7 N–H and O–H groups in total. The van der Waals surface area contributed by atoms with Gasteiger partial charge in [-0.1, -0.05) is 6.07 Å². The van der Waals surface area contributed by atoms with E-state index in [1.54, 1.807) is 0 Å². The molecule has 0 heterocycles. The summed E-state index contributed by atoms with van der Waals surface area (Å²) in [4.78, 5) is 44.2. The van der Waals surface area contributed by atoms with Gasteiger partial charge >= 0.3 is 6.61 Å². The number of benzene rings is 1. The molecule has 194 valence electrons. The van der Waals surface area contributed by atoms with E-state index < -0.39 is 70.4 Å². The number of alkyl halides is 2. The van der Waals surface area contributed by atoms with Gasteiger partial charge < -0.3 is 26.2 Å². The van der Waals surface area contributed by atoms with Gasteiger partial charge in [0.1, 0.15) is 22.8 Å². The van der Waals surface area contributed by atoms with Gasteiger partial charge in [0.25, 0.3) is 5.91 Å². The minimum atomic E-state index is -3.08. The van der Waals surface area contributed by atoms with Crippen LogP contribution in [0.15, 0.2) is 34.8 Å². The Morgan fingerprint density at radius 3 is 2.53 bits per heavy atom. The van der Waals surface area contributed by atoms with Gasteiger partial charge in [0.05, 0.1) is 11.6 Å². The molecule has 3 aliphatic carbocycles. The van der Waals surface area contributed by atoms with Crippen LogP contribution in [-0.2, 0) is 27.4 Å². The number of carbonyl (C=O) groups excluding carboxylic acids is 3. The number of likely N-dealkylation sites (N-methyl/N-ethyl adjacent to an activating group) is 1. The number of nitrogens with zero attached hydrogens (tertiary/aromatic N) is 1. The normalized spacial score (nSPS) is 27.9. The molecule has 0 radical (unpaired) electrons. The Morgan fingerprint density at radius 2 is 1.94 bits per heavy atom. The average Bonchev–Trinajstić information content (AvgIpc) is 2.77. The van der Waals surface area contributed by atoms with Crippen LogP contribution in [0.5, 0.6) is 5.75 Å². The number of aliphatic hydroxyl groups is 3. The number of aromatic hydroxyl groups is 1. The molecule has 3 aliphatic rings. The number of hydroxylamine groups is 1. The van der Waals surface area contributed by atoms with Crippen molar-refractivity contribution in [3.63, 3.8) is 0 Å². The number of halogens is 2. The van der Waals surface area contributed by atoms with Crippen LogP contribution in [-0.4, -0.2) is 75.1 Å². The lowest BCUT2D eigenvalue weighted by molar-refractivity contribution is -0.175. The monoisotopic (exact) mass is 509 g/mol. The quantitative estimate of drug-likeness (QED) is 0.231. The van der Waals surface area contributed by atoms with Crippen LogP contribution < -0.4 is 11.2 Å². The van der Waals surface area contributed by atoms with E-state index in [1.165, 1.54) is 31.1 Å². The first kappa shape index (κ1) is 25.7. The summed E-state index contributed by atoms with van der Waals surface area (Å²) in [5.41, 5.74) is 3.92. The maximum absolute atomic E-state index is 13.5. The average molecular weight is 509 g/mol. The van der Waals surface area contributed by atoms with E-state index >= 15 is 0 Å². The van der Waals surface area contributed by atoms with Gasteiger partial charge in [-0.05, 0) is 50.0 Å². The highest BCUT2D eigenvalue weighted by molar-refractivity contribution is 6.24. The number of hydrogen-bond donors (Lipinski definition) is 6. The Morgan fingerprint density at radius 1 is 1.28 bits per heavy atom. The Balaban J connectivity index is 1.86. The highest BCUT2D eigenvalue weighted by Crippen LogP contribution is 2.52. The topological polar surface area (TPSA) is 183 Å². The summed E-state index contributed by atoms with van der Waals surface area (Å²) >= 11 is 0. The first-order valence-corrected chi connectivity index (χ1v) is 11.0. The number of fused-ring (bicyclic) bond motifs is 3. The molecule has 4 atom stereocenters. The summed E-state index contributed by atoms with van der Waals surface area (Å²) in [7, 11) is 3.05. The third-order valence-corrected chi connectivity index (χ3v) is 7.14. The lowest BCUT2D eigenvalue weighted by atomic mass is 9.58. The minimum absolute atomic E-state index is 0.0363. The van der Waals surface area contributed by atoms with Gasteiger partial charge in [-0.3, -0.25) is 19.3 Å². The number of phenolic OH excluding ortho intramolecular Hbond substituents is 1. The Labute approximate surface area is 203 Å². The molecule has 4 rings (SSSR count). The molecular formula is C23H25F2N3O8. The predicted octanol–water partition coefficient (Wildman–Crippen LogP) is 0.364. The van der Waals surface area contributed by atoms with Crippen LogP contribution in [0.25, 0.3) is 0 Å². The lowest BCUT2D eigenvalue weighted by Gasteiger charge is -2.50. The first-order valence-electron chi connectivity index (χ1n) is 11.0. The van der Waals surface area contributed by atoms with Gasteiger partial charge in [0, 0.05) is 18.0 Å². The molecule has 0 spiro atoms. The second kappa shape index (κ2) is 8.92. The van der Waals surface area contributed by atoms with E-state index in [1.807, 2.05) is 0 Å². The van der Waals surface area contributed by atoms with Crippen LogP contribution in [0.3, 0.4) is 0 Å². The highest BCUT2D eigenvalue weighted by Gasteiger charge is 2.63. The number of rotatable bonds is 6. The zero-order chi connectivity index (χ0) is 26.7. The zero-order valence-corrected chi connectivity index (χ0v) is 19.3. The van der Waals surface area contributed by atoms with Crippen molar-refractivity contribution in [2.45, 2.75) is 37.6 Å². The van der Waals surface area contributed by atoms with Gasteiger partial charge in [-0.15, -0.1) is 0 Å². The summed E-state index contributed by atoms with van der Waals surface area (Å²) in [5.74, 6) is -7.53. The van der Waals surface area contributed by atoms with Crippen molar-refractivity contribution >= 4 is 17.5 Å². The number of allylic oxidation sites excluding steroid dienone is 1. The van der Waals surface area contributed by atoms with Crippen molar-refractivity contribution in [1.82, 2.24) is 10.4 Å². The highest BCUT2D eigenvalue weighted by atomic mass is 19.3. The fourth-order valence-corrected chi connectivity index (χ4v) is 5.66. The number of carbonyl (C=O) groups is 3. The molecule has 1 aromatic carbocycles. The number of amides is 1. The number of ketones is 2. The van der Waals surface area contributed by atoms with Crippen LogP contribution in [0, 0.1) is 11.8 Å². The van der Waals surface area contributed by atoms with Gasteiger partial charge in [-0.25, -0.2) is 4.84 Å². The third kappa shape index (κ3) is 3.66. The van der Waals surface area contributed by atoms with Crippen molar-refractivity contribution in [2.24, 2.45) is 17.6 Å². The van der Waals surface area contributed by atoms with Crippen LogP contribution in [0.1, 0.15) is 27.9 Å². The van der Waals surface area contributed by atoms with E-state index in [4.69, 9.17) is 5.73 Å². The molecule has 0 aromatic heterocycles. The largest absolute Gasteiger partial charge is 0.510 e. The van der Waals surface area contributed by atoms with E-state index in [9.17, 15) is 43.6 Å². The predicted molar refractivity (Wildman–Crippen MR) is 118 cm³/mol. The second-order valence-corrected chi connectivity index (χ2v) is 9.26. The smallest absolute Gasteiger partial charge is 0.360 e. The van der Waals surface area contributed by atoms with Crippen LogP contribution in [0.2, 0.25) is 0 Å². The number of hydrogen-bond acceptors (Lipinski definition) is 10. The zero-order valence-electron chi connectivity index (χ0n) is 19.3. The maximum atomic E-state index is 13.5. The summed E-state index contributed by atoms with van der Waals surface area (Å²) in [6.45, 7) is -3.31. The van der Waals surface area contributed by atoms with E-state index in [-0.39, 0.29) is 30.5 Å². The summed E-state index contributed by atoms with van der Waals surface area (Å²) < 4.78 is 24.8. The molecule has 0 saturated heterocycles. The first-order chi connectivity index (χ1) is 16.8. The third-order valence-electron chi connectivity index (χ3n) is 7.14. The molecule has 1 amide bonds. The van der Waals surface area contributed by atoms with Crippen LogP contribution >= 0.6 is 0 Å². The number of nitrogens with two attached hydrogens (primary N) is 1. The molecule has 36 heavy (non-hydrogen) atoms. The molecule has 0 aliphatic heterocycles. The van der Waals surface area contributed by atoms with E-state index in [0.717, 1.165) is 0 Å². The summed E-state index contributed by atoms with van der Waals surface area (Å²) in [6, 6.07) is 1.49. The molecule has 0 saturated carbocycles. The Bertz CT molecular complexity index is 1230. The van der Waals surface area contributed by atoms with Crippen molar-refractivity contribution in [3.8, 4) is 5.75 Å². The van der Waals surface area contributed by atoms with Gasteiger partial charge in [-0.2, -0.15) is 14.3 Å². The molecular weight excluding hydrogens is 484 g/mol. The number of nitrogens with one attached hydrogen (secondary N) is 1. The van der Waals surface area contributed by atoms with Crippen LogP contribution in [0.4, 0.5) is 8.78 Å². The van der Waals surface area contributed by atoms with Gasteiger partial charge in [0.2, 0.25) is 5.78 Å². The van der Waals surface area contributed by atoms with Crippen molar-refractivity contribution in [2.75, 3.05) is 14.1 Å². The Hall–Kier alpha value is -3.39. The number of aliphatic hydroxyl groups excluding tert-OH is 2. The lowest BCUT2D eigenvalue weighted by Crippen LogP contribution is -2.63. The van der Waals surface area contributed by atoms with Crippen molar-refractivity contribution in [3.05, 3.63) is 51.5 Å². The number of phenols is 1. The molecule has 0 unspecified atom stereocenters. The van der Waals surface area contributed by atoms with E-state index in [0.29, 0.717) is 11.1 Å². The van der Waals surface area contributed by atoms with Crippen molar-refractivity contribution in [1.29, 1.82) is 0 Å². The molecule has 11 nitrogen and oxygen atoms in total. The second-order valence-electron chi connectivity index (χ2n) is 9.26. The Kier molecular flexibility index (Phi) is 6.37. The molecule has 1 aromatic rings.